The number of carbonyl (C=O) groups excluding carboxylic acids is 1. The Morgan fingerprint density at radius 2 is 2.15 bits per heavy atom. The summed E-state index contributed by atoms with van der Waals surface area (Å²) in [5.41, 5.74) is 6.42. The first-order valence-corrected chi connectivity index (χ1v) is 5.62. The Bertz CT molecular complexity index is 519. The summed E-state index contributed by atoms with van der Waals surface area (Å²) in [7, 11) is 0. The lowest BCUT2D eigenvalue weighted by molar-refractivity contribution is 0.0945. The lowest BCUT2D eigenvalue weighted by atomic mass is 10.3. The summed E-state index contributed by atoms with van der Waals surface area (Å²) in [6.07, 6.45) is 3.53. The molecule has 2 rings (SSSR count). The van der Waals surface area contributed by atoms with Crippen LogP contribution in [0.3, 0.4) is 0 Å². The summed E-state index contributed by atoms with van der Waals surface area (Å²) in [5, 5.41) is 2.72. The van der Waals surface area contributed by atoms with Gasteiger partial charge in [0.25, 0.3) is 5.91 Å². The predicted molar refractivity (Wildman–Crippen MR) is 79.2 cm³/mol. The maximum Gasteiger partial charge on any atom is 0.273 e. The second-order valence-electron chi connectivity index (χ2n) is 3.67. The SMILES string of the molecule is Cl.Cl.NCCc1nc(C(=O)NCc2ccccn2)co1. The molecule has 0 saturated carbocycles. The summed E-state index contributed by atoms with van der Waals surface area (Å²) in [6.45, 7) is 0.800. The number of amides is 1. The van der Waals surface area contributed by atoms with Gasteiger partial charge in [-0.1, -0.05) is 6.07 Å². The highest BCUT2D eigenvalue weighted by Crippen LogP contribution is 2.02. The summed E-state index contributed by atoms with van der Waals surface area (Å²) in [6, 6.07) is 5.52. The fourth-order valence-corrected chi connectivity index (χ4v) is 1.42. The number of hydrogen-bond acceptors (Lipinski definition) is 5. The van der Waals surface area contributed by atoms with Gasteiger partial charge in [0.05, 0.1) is 12.2 Å². The van der Waals surface area contributed by atoms with Gasteiger partial charge in [0.2, 0.25) is 0 Å². The van der Waals surface area contributed by atoms with Crippen molar-refractivity contribution in [2.24, 2.45) is 5.73 Å². The normalized spacial score (nSPS) is 9.25. The van der Waals surface area contributed by atoms with Crippen molar-refractivity contribution in [3.8, 4) is 0 Å². The summed E-state index contributed by atoms with van der Waals surface area (Å²) < 4.78 is 5.11. The molecule has 0 unspecified atom stereocenters. The van der Waals surface area contributed by atoms with E-state index in [4.69, 9.17) is 10.2 Å². The average molecular weight is 319 g/mol. The van der Waals surface area contributed by atoms with Crippen LogP contribution in [0.4, 0.5) is 0 Å². The van der Waals surface area contributed by atoms with Crippen LogP contribution >= 0.6 is 24.8 Å². The first-order chi connectivity index (χ1) is 8.79. The number of hydrogen-bond donors (Lipinski definition) is 2. The zero-order valence-electron chi connectivity index (χ0n) is 10.6. The summed E-state index contributed by atoms with van der Waals surface area (Å²) in [4.78, 5) is 19.9. The van der Waals surface area contributed by atoms with E-state index in [0.29, 0.717) is 25.4 Å². The van der Waals surface area contributed by atoms with E-state index in [1.807, 2.05) is 18.2 Å². The first-order valence-electron chi connectivity index (χ1n) is 5.62. The predicted octanol–water partition coefficient (Wildman–Crippen LogP) is 1.34. The molecule has 3 N–H and O–H groups in total. The van der Waals surface area contributed by atoms with Crippen LogP contribution in [0.2, 0.25) is 0 Å². The lowest BCUT2D eigenvalue weighted by Crippen LogP contribution is -2.23. The lowest BCUT2D eigenvalue weighted by Gasteiger charge is -2.01. The van der Waals surface area contributed by atoms with Gasteiger partial charge < -0.3 is 15.5 Å². The molecular weight excluding hydrogens is 303 g/mol. The number of carbonyl (C=O) groups is 1. The molecule has 8 heteroatoms. The minimum atomic E-state index is -0.285. The minimum Gasteiger partial charge on any atom is -0.448 e. The molecule has 0 aliphatic carbocycles. The highest BCUT2D eigenvalue weighted by molar-refractivity contribution is 5.91. The fraction of sp³-hybridized carbons (Fsp3) is 0.250. The van der Waals surface area contributed by atoms with Crippen LogP contribution in [-0.2, 0) is 13.0 Å². The summed E-state index contributed by atoms with van der Waals surface area (Å²) >= 11 is 0. The van der Waals surface area contributed by atoms with E-state index >= 15 is 0 Å². The Morgan fingerprint density at radius 1 is 1.35 bits per heavy atom. The topological polar surface area (TPSA) is 94.0 Å². The van der Waals surface area contributed by atoms with Crippen molar-refractivity contribution >= 4 is 30.7 Å². The van der Waals surface area contributed by atoms with Gasteiger partial charge in [0.1, 0.15) is 6.26 Å². The van der Waals surface area contributed by atoms with Crippen molar-refractivity contribution < 1.29 is 9.21 Å². The molecular formula is C12H16Cl2N4O2. The zero-order valence-corrected chi connectivity index (χ0v) is 12.2. The van der Waals surface area contributed by atoms with Gasteiger partial charge in [-0.25, -0.2) is 4.98 Å². The standard InChI is InChI=1S/C12H14N4O2.2ClH/c13-5-4-11-16-10(8-18-11)12(17)15-7-9-3-1-2-6-14-9;;/h1-3,6,8H,4-5,7,13H2,(H,15,17);2*1H. The smallest absolute Gasteiger partial charge is 0.273 e. The van der Waals surface area contributed by atoms with Crippen LogP contribution in [-0.4, -0.2) is 22.4 Å². The second-order valence-corrected chi connectivity index (χ2v) is 3.67. The number of nitrogens with zero attached hydrogens (tertiary/aromatic N) is 2. The van der Waals surface area contributed by atoms with Crippen molar-refractivity contribution in [2.75, 3.05) is 6.54 Å². The van der Waals surface area contributed by atoms with Gasteiger partial charge in [0.15, 0.2) is 11.6 Å². The van der Waals surface area contributed by atoms with Gasteiger partial charge in [-0.2, -0.15) is 0 Å². The van der Waals surface area contributed by atoms with Gasteiger partial charge in [-0.3, -0.25) is 9.78 Å². The van der Waals surface area contributed by atoms with E-state index in [-0.39, 0.29) is 36.4 Å². The largest absolute Gasteiger partial charge is 0.448 e. The molecule has 2 aromatic heterocycles. The van der Waals surface area contributed by atoms with E-state index < -0.39 is 0 Å². The molecule has 2 heterocycles. The van der Waals surface area contributed by atoms with Crippen LogP contribution in [0.15, 0.2) is 35.1 Å². The molecule has 0 atom stereocenters. The molecule has 0 aromatic carbocycles. The number of nitrogens with one attached hydrogen (secondary N) is 1. The molecule has 20 heavy (non-hydrogen) atoms. The van der Waals surface area contributed by atoms with Gasteiger partial charge >= 0.3 is 0 Å². The van der Waals surface area contributed by atoms with Crippen LogP contribution in [0.25, 0.3) is 0 Å². The molecule has 0 fully saturated rings. The highest BCUT2D eigenvalue weighted by atomic mass is 35.5. The van der Waals surface area contributed by atoms with Crippen molar-refractivity contribution in [1.29, 1.82) is 0 Å². The third kappa shape index (κ3) is 5.16. The van der Waals surface area contributed by atoms with Crippen LogP contribution in [0, 0.1) is 0 Å². The van der Waals surface area contributed by atoms with E-state index in [9.17, 15) is 4.79 Å². The van der Waals surface area contributed by atoms with Crippen molar-refractivity contribution in [3.05, 3.63) is 47.9 Å². The Balaban J connectivity index is 0.00000180. The molecule has 0 bridgehead atoms. The zero-order chi connectivity index (χ0) is 12.8. The quantitative estimate of drug-likeness (QED) is 0.867. The monoisotopic (exact) mass is 318 g/mol. The van der Waals surface area contributed by atoms with Crippen molar-refractivity contribution in [2.45, 2.75) is 13.0 Å². The maximum atomic E-state index is 11.7. The molecule has 0 radical (unpaired) electrons. The van der Waals surface area contributed by atoms with Gasteiger partial charge in [0, 0.05) is 19.2 Å². The fourth-order valence-electron chi connectivity index (χ4n) is 1.42. The Kier molecular flexibility index (Phi) is 8.54. The minimum absolute atomic E-state index is 0. The van der Waals surface area contributed by atoms with E-state index in [1.165, 1.54) is 6.26 Å². The first kappa shape index (κ1) is 18.4. The second kappa shape index (κ2) is 9.30. The van der Waals surface area contributed by atoms with Gasteiger partial charge in [-0.15, -0.1) is 24.8 Å². The molecule has 110 valence electrons. The Labute approximate surface area is 129 Å². The van der Waals surface area contributed by atoms with E-state index in [1.54, 1.807) is 6.20 Å². The van der Waals surface area contributed by atoms with Crippen LogP contribution in [0.1, 0.15) is 22.1 Å². The Morgan fingerprint density at radius 3 is 2.80 bits per heavy atom. The molecule has 0 saturated heterocycles. The molecule has 0 spiro atoms. The third-order valence-electron chi connectivity index (χ3n) is 2.30. The average Bonchev–Trinajstić information content (AvgIpc) is 2.86. The molecule has 6 nitrogen and oxygen atoms in total. The molecule has 2 aromatic rings. The van der Waals surface area contributed by atoms with Gasteiger partial charge in [-0.05, 0) is 12.1 Å². The number of nitrogens with two attached hydrogens (primary N) is 1. The van der Waals surface area contributed by atoms with E-state index in [2.05, 4.69) is 15.3 Å². The molecule has 1 amide bonds. The van der Waals surface area contributed by atoms with Crippen molar-refractivity contribution in [1.82, 2.24) is 15.3 Å². The molecule has 0 aliphatic heterocycles. The number of aromatic nitrogens is 2. The Hall–Kier alpha value is -1.63. The van der Waals surface area contributed by atoms with Crippen LogP contribution in [0.5, 0.6) is 0 Å². The van der Waals surface area contributed by atoms with E-state index in [0.717, 1.165) is 5.69 Å². The maximum absolute atomic E-state index is 11.7. The third-order valence-corrected chi connectivity index (χ3v) is 2.30. The summed E-state index contributed by atoms with van der Waals surface area (Å²) in [5.74, 6) is 0.188. The molecule has 0 aliphatic rings. The number of rotatable bonds is 5. The number of halogens is 2. The number of pyridine rings is 1. The highest BCUT2D eigenvalue weighted by Gasteiger charge is 2.11. The van der Waals surface area contributed by atoms with Crippen LogP contribution < -0.4 is 11.1 Å². The number of oxazole rings is 1. The van der Waals surface area contributed by atoms with Crippen molar-refractivity contribution in [3.63, 3.8) is 0 Å².